The van der Waals surface area contributed by atoms with Crippen molar-refractivity contribution < 1.29 is 4.39 Å². The third-order valence-electron chi connectivity index (χ3n) is 3.79. The number of nitrogens with one attached hydrogen (secondary N) is 1. The van der Waals surface area contributed by atoms with E-state index in [4.69, 9.17) is 11.6 Å². The van der Waals surface area contributed by atoms with Gasteiger partial charge in [0.05, 0.1) is 4.34 Å². The Labute approximate surface area is 127 Å². The Balaban J connectivity index is 1.62. The quantitative estimate of drug-likeness (QED) is 0.859. The van der Waals surface area contributed by atoms with Crippen LogP contribution in [-0.2, 0) is 12.8 Å². The molecular weight excluding hydrogens is 293 g/mol. The maximum atomic E-state index is 12.9. The standard InChI is InChI=1S/C16H17ClFNS/c1-10(8-11-2-4-12(18)5-3-11)19-14-6-7-15-13(14)9-16(17)20-15/h2-5,9-10,14,19H,6-8H2,1H3. The minimum Gasteiger partial charge on any atom is -0.307 e. The summed E-state index contributed by atoms with van der Waals surface area (Å²) in [7, 11) is 0. The van der Waals surface area contributed by atoms with Crippen molar-refractivity contribution in [3.63, 3.8) is 0 Å². The van der Waals surface area contributed by atoms with E-state index in [1.165, 1.54) is 22.6 Å². The van der Waals surface area contributed by atoms with E-state index in [2.05, 4.69) is 18.3 Å². The molecule has 1 heterocycles. The van der Waals surface area contributed by atoms with Crippen LogP contribution in [0, 0.1) is 5.82 Å². The van der Waals surface area contributed by atoms with Gasteiger partial charge in [-0.2, -0.15) is 0 Å². The van der Waals surface area contributed by atoms with Crippen LogP contribution in [0.3, 0.4) is 0 Å². The number of benzene rings is 1. The van der Waals surface area contributed by atoms with Crippen molar-refractivity contribution in [2.75, 3.05) is 0 Å². The molecule has 1 nitrogen and oxygen atoms in total. The first kappa shape index (κ1) is 14.1. The van der Waals surface area contributed by atoms with Crippen molar-refractivity contribution in [2.24, 2.45) is 0 Å². The van der Waals surface area contributed by atoms with Crippen LogP contribution in [0.15, 0.2) is 30.3 Å². The van der Waals surface area contributed by atoms with Gasteiger partial charge >= 0.3 is 0 Å². The maximum absolute atomic E-state index is 12.9. The zero-order chi connectivity index (χ0) is 14.1. The molecule has 2 unspecified atom stereocenters. The highest BCUT2D eigenvalue weighted by Crippen LogP contribution is 2.39. The topological polar surface area (TPSA) is 12.0 Å². The lowest BCUT2D eigenvalue weighted by Crippen LogP contribution is -2.31. The van der Waals surface area contributed by atoms with Crippen molar-refractivity contribution >= 4 is 22.9 Å². The molecule has 4 heteroatoms. The normalized spacial score (nSPS) is 19.1. The molecule has 0 bridgehead atoms. The molecule has 0 amide bonds. The molecule has 1 aromatic heterocycles. The van der Waals surface area contributed by atoms with Crippen molar-refractivity contribution in [1.29, 1.82) is 0 Å². The lowest BCUT2D eigenvalue weighted by Gasteiger charge is -2.20. The van der Waals surface area contributed by atoms with Crippen LogP contribution in [-0.4, -0.2) is 6.04 Å². The number of aryl methyl sites for hydroxylation is 1. The summed E-state index contributed by atoms with van der Waals surface area (Å²) in [6, 6.07) is 9.61. The largest absolute Gasteiger partial charge is 0.307 e. The summed E-state index contributed by atoms with van der Waals surface area (Å²) in [5.74, 6) is -0.178. The average Bonchev–Trinajstić information content (AvgIpc) is 2.93. The fraction of sp³-hybridized carbons (Fsp3) is 0.375. The third-order valence-corrected chi connectivity index (χ3v) is 5.13. The molecule has 1 aliphatic rings. The lowest BCUT2D eigenvalue weighted by atomic mass is 10.0. The molecule has 2 atom stereocenters. The predicted molar refractivity (Wildman–Crippen MR) is 83.1 cm³/mol. The highest BCUT2D eigenvalue weighted by atomic mass is 35.5. The number of halogens is 2. The van der Waals surface area contributed by atoms with Crippen molar-refractivity contribution in [3.8, 4) is 0 Å². The molecule has 20 heavy (non-hydrogen) atoms. The van der Waals surface area contributed by atoms with E-state index < -0.39 is 0 Å². The van der Waals surface area contributed by atoms with Gasteiger partial charge in [0, 0.05) is 17.0 Å². The van der Waals surface area contributed by atoms with Crippen LogP contribution in [0.5, 0.6) is 0 Å². The first-order chi connectivity index (χ1) is 9.61. The second-order valence-electron chi connectivity index (χ2n) is 5.42. The predicted octanol–water partition coefficient (Wildman–Crippen LogP) is 4.75. The second-order valence-corrected chi connectivity index (χ2v) is 7.19. The molecule has 0 aliphatic heterocycles. The summed E-state index contributed by atoms with van der Waals surface area (Å²) >= 11 is 7.78. The van der Waals surface area contributed by atoms with Gasteiger partial charge < -0.3 is 5.32 Å². The second kappa shape index (κ2) is 5.84. The third kappa shape index (κ3) is 3.05. The summed E-state index contributed by atoms with van der Waals surface area (Å²) in [5.41, 5.74) is 2.53. The van der Waals surface area contributed by atoms with Crippen molar-refractivity contribution in [3.05, 3.63) is 56.5 Å². The summed E-state index contributed by atoms with van der Waals surface area (Å²) in [5, 5.41) is 3.67. The summed E-state index contributed by atoms with van der Waals surface area (Å²) in [4.78, 5) is 1.42. The zero-order valence-electron chi connectivity index (χ0n) is 11.3. The number of thiophene rings is 1. The number of rotatable bonds is 4. The molecule has 0 fully saturated rings. The zero-order valence-corrected chi connectivity index (χ0v) is 12.9. The molecule has 0 spiro atoms. The first-order valence-electron chi connectivity index (χ1n) is 6.90. The van der Waals surface area contributed by atoms with E-state index in [9.17, 15) is 4.39 Å². The van der Waals surface area contributed by atoms with E-state index in [0.29, 0.717) is 12.1 Å². The summed E-state index contributed by atoms with van der Waals surface area (Å²) in [6.45, 7) is 2.18. The Morgan fingerprint density at radius 1 is 1.40 bits per heavy atom. The van der Waals surface area contributed by atoms with Gasteiger partial charge in [-0.25, -0.2) is 4.39 Å². The van der Waals surface area contributed by atoms with Gasteiger partial charge in [0.25, 0.3) is 0 Å². The van der Waals surface area contributed by atoms with Crippen molar-refractivity contribution in [2.45, 2.75) is 38.3 Å². The molecule has 0 saturated heterocycles. The molecule has 3 rings (SSSR count). The Morgan fingerprint density at radius 3 is 2.90 bits per heavy atom. The number of fused-ring (bicyclic) bond motifs is 1. The molecule has 1 aromatic carbocycles. The average molecular weight is 310 g/mol. The Bertz CT molecular complexity index is 593. The smallest absolute Gasteiger partial charge is 0.123 e. The Kier molecular flexibility index (Phi) is 4.11. The minimum absolute atomic E-state index is 0.178. The van der Waals surface area contributed by atoms with E-state index in [1.54, 1.807) is 11.3 Å². The van der Waals surface area contributed by atoms with Crippen LogP contribution in [0.4, 0.5) is 4.39 Å². The molecule has 2 aromatic rings. The summed E-state index contributed by atoms with van der Waals surface area (Å²) < 4.78 is 13.8. The maximum Gasteiger partial charge on any atom is 0.123 e. The van der Waals surface area contributed by atoms with Gasteiger partial charge in [0.2, 0.25) is 0 Å². The fourth-order valence-corrected chi connectivity index (χ4v) is 4.24. The lowest BCUT2D eigenvalue weighted by molar-refractivity contribution is 0.451. The van der Waals surface area contributed by atoms with E-state index >= 15 is 0 Å². The monoisotopic (exact) mass is 309 g/mol. The Hall–Kier alpha value is -0.900. The first-order valence-corrected chi connectivity index (χ1v) is 8.10. The molecular formula is C16H17ClFNS. The van der Waals surface area contributed by atoms with Crippen LogP contribution < -0.4 is 5.32 Å². The van der Waals surface area contributed by atoms with E-state index in [0.717, 1.165) is 29.2 Å². The van der Waals surface area contributed by atoms with Crippen LogP contribution in [0.2, 0.25) is 4.34 Å². The van der Waals surface area contributed by atoms with Crippen molar-refractivity contribution in [1.82, 2.24) is 5.32 Å². The molecule has 1 N–H and O–H groups in total. The summed E-state index contributed by atoms with van der Waals surface area (Å²) in [6.07, 6.45) is 3.17. The van der Waals surface area contributed by atoms with Gasteiger partial charge in [-0.15, -0.1) is 11.3 Å². The Morgan fingerprint density at radius 2 is 2.15 bits per heavy atom. The van der Waals surface area contributed by atoms with Gasteiger partial charge in [-0.3, -0.25) is 0 Å². The highest BCUT2D eigenvalue weighted by Gasteiger charge is 2.25. The van der Waals surface area contributed by atoms with Gasteiger partial charge in [-0.1, -0.05) is 23.7 Å². The molecule has 0 radical (unpaired) electrons. The van der Waals surface area contributed by atoms with Gasteiger partial charge in [0.15, 0.2) is 0 Å². The minimum atomic E-state index is -0.178. The fourth-order valence-electron chi connectivity index (χ4n) is 2.88. The van der Waals surface area contributed by atoms with E-state index in [1.807, 2.05) is 12.1 Å². The number of hydrogen-bond donors (Lipinski definition) is 1. The van der Waals surface area contributed by atoms with E-state index in [-0.39, 0.29) is 5.82 Å². The van der Waals surface area contributed by atoms with Crippen LogP contribution in [0.25, 0.3) is 0 Å². The highest BCUT2D eigenvalue weighted by molar-refractivity contribution is 7.16. The van der Waals surface area contributed by atoms with Gasteiger partial charge in [0.1, 0.15) is 5.82 Å². The molecule has 0 saturated carbocycles. The number of hydrogen-bond acceptors (Lipinski definition) is 2. The SMILES string of the molecule is CC(Cc1ccc(F)cc1)NC1CCc2sc(Cl)cc21. The molecule has 1 aliphatic carbocycles. The molecule has 106 valence electrons. The van der Waals surface area contributed by atoms with Crippen LogP contribution in [0.1, 0.15) is 35.4 Å². The van der Waals surface area contributed by atoms with Gasteiger partial charge in [-0.05, 0) is 55.5 Å². The van der Waals surface area contributed by atoms with Crippen LogP contribution >= 0.6 is 22.9 Å².